The van der Waals surface area contributed by atoms with Crippen molar-refractivity contribution < 1.29 is 9.90 Å². The van der Waals surface area contributed by atoms with Crippen molar-refractivity contribution >= 4 is 6.03 Å². The van der Waals surface area contributed by atoms with Crippen LogP contribution in [0.3, 0.4) is 0 Å². The Morgan fingerprint density at radius 3 is 2.56 bits per heavy atom. The number of hydrogen-bond acceptors (Lipinski definition) is 4. The van der Waals surface area contributed by atoms with Crippen LogP contribution in [0.25, 0.3) is 0 Å². The molecule has 2 heterocycles. The topological polar surface area (TPSA) is 77.5 Å². The molecule has 0 spiro atoms. The van der Waals surface area contributed by atoms with Crippen LogP contribution in [-0.4, -0.2) is 58.8 Å². The second-order valence-electron chi connectivity index (χ2n) is 7.30. The maximum absolute atomic E-state index is 12.2. The van der Waals surface area contributed by atoms with Gasteiger partial charge in [-0.15, -0.1) is 0 Å². The van der Waals surface area contributed by atoms with Crippen LogP contribution < -0.4 is 10.6 Å². The summed E-state index contributed by atoms with van der Waals surface area (Å²) in [4.78, 5) is 18.7. The first-order valence-electron chi connectivity index (χ1n) is 9.57. The number of nitrogens with one attached hydrogen (secondary N) is 2. The molecule has 3 N–H and O–H groups in total. The normalized spacial score (nSPS) is 25.5. The van der Waals surface area contributed by atoms with E-state index < -0.39 is 6.10 Å². The minimum absolute atomic E-state index is 0.0887. The van der Waals surface area contributed by atoms with E-state index in [2.05, 4.69) is 32.7 Å². The number of pyridine rings is 1. The van der Waals surface area contributed by atoms with E-state index in [9.17, 15) is 9.90 Å². The van der Waals surface area contributed by atoms with Crippen molar-refractivity contribution in [1.29, 1.82) is 0 Å². The number of likely N-dealkylation sites (tertiary alicyclic amines) is 1. The molecular formula is C19H30N4O2. The molecule has 0 bridgehead atoms. The fourth-order valence-corrected chi connectivity index (χ4v) is 3.81. The maximum Gasteiger partial charge on any atom is 0.315 e. The van der Waals surface area contributed by atoms with E-state index in [1.54, 1.807) is 0 Å². The smallest absolute Gasteiger partial charge is 0.315 e. The van der Waals surface area contributed by atoms with Crippen molar-refractivity contribution in [2.75, 3.05) is 19.6 Å². The largest absolute Gasteiger partial charge is 0.391 e. The molecule has 1 aliphatic carbocycles. The van der Waals surface area contributed by atoms with Crippen LogP contribution in [0.5, 0.6) is 0 Å². The molecule has 0 radical (unpaired) electrons. The van der Waals surface area contributed by atoms with Crippen LogP contribution in [0.2, 0.25) is 0 Å². The number of rotatable bonds is 5. The van der Waals surface area contributed by atoms with E-state index in [0.717, 1.165) is 64.6 Å². The highest BCUT2D eigenvalue weighted by Crippen LogP contribution is 2.18. The van der Waals surface area contributed by atoms with E-state index in [1.165, 1.54) is 5.56 Å². The average Bonchev–Trinajstić information content (AvgIpc) is 2.64. The third-order valence-electron chi connectivity index (χ3n) is 5.43. The second-order valence-corrected chi connectivity index (χ2v) is 7.30. The Bertz CT molecular complexity index is 531. The molecule has 1 aromatic rings. The van der Waals surface area contributed by atoms with Gasteiger partial charge in [-0.25, -0.2) is 4.79 Å². The van der Waals surface area contributed by atoms with E-state index in [0.29, 0.717) is 0 Å². The average molecular weight is 346 g/mol. The summed E-state index contributed by atoms with van der Waals surface area (Å²) in [6.45, 7) is 3.08. The zero-order valence-corrected chi connectivity index (χ0v) is 14.9. The van der Waals surface area contributed by atoms with Crippen molar-refractivity contribution in [3.05, 3.63) is 30.1 Å². The summed E-state index contributed by atoms with van der Waals surface area (Å²) in [5.74, 6) is 0. The van der Waals surface area contributed by atoms with E-state index in [-0.39, 0.29) is 18.1 Å². The molecule has 2 aliphatic rings. The predicted octanol–water partition coefficient (Wildman–Crippen LogP) is 1.69. The van der Waals surface area contributed by atoms with Crippen LogP contribution in [0.15, 0.2) is 24.5 Å². The van der Waals surface area contributed by atoms with Gasteiger partial charge in [0.1, 0.15) is 0 Å². The first kappa shape index (κ1) is 18.1. The van der Waals surface area contributed by atoms with Gasteiger partial charge >= 0.3 is 6.03 Å². The Morgan fingerprint density at radius 1 is 1.12 bits per heavy atom. The molecule has 6 nitrogen and oxygen atoms in total. The summed E-state index contributed by atoms with van der Waals surface area (Å²) in [7, 11) is 0. The Hall–Kier alpha value is -1.66. The molecule has 1 saturated carbocycles. The predicted molar refractivity (Wildman–Crippen MR) is 97.3 cm³/mol. The van der Waals surface area contributed by atoms with E-state index in [4.69, 9.17) is 0 Å². The molecule has 2 amide bonds. The number of aliphatic hydroxyl groups excluding tert-OH is 1. The molecule has 6 heteroatoms. The highest BCUT2D eigenvalue weighted by Gasteiger charge is 2.26. The number of piperidine rings is 1. The number of amides is 2. The minimum Gasteiger partial charge on any atom is -0.391 e. The van der Waals surface area contributed by atoms with Gasteiger partial charge in [0.2, 0.25) is 0 Å². The number of hydrogen-bond donors (Lipinski definition) is 3. The van der Waals surface area contributed by atoms with Crippen molar-refractivity contribution in [3.63, 3.8) is 0 Å². The molecule has 1 saturated heterocycles. The van der Waals surface area contributed by atoms with Crippen LogP contribution in [0.4, 0.5) is 4.79 Å². The van der Waals surface area contributed by atoms with Gasteiger partial charge in [-0.05, 0) is 49.8 Å². The van der Waals surface area contributed by atoms with Crippen LogP contribution in [0.1, 0.15) is 44.1 Å². The number of aromatic nitrogens is 1. The van der Waals surface area contributed by atoms with Crippen molar-refractivity contribution in [1.82, 2.24) is 20.5 Å². The molecule has 1 aliphatic heterocycles. The quantitative estimate of drug-likeness (QED) is 0.758. The Morgan fingerprint density at radius 2 is 1.84 bits per heavy atom. The molecule has 2 unspecified atom stereocenters. The van der Waals surface area contributed by atoms with Gasteiger partial charge in [-0.2, -0.15) is 0 Å². The Labute approximate surface area is 150 Å². The third-order valence-corrected chi connectivity index (χ3v) is 5.43. The van der Waals surface area contributed by atoms with Gasteiger partial charge < -0.3 is 20.6 Å². The van der Waals surface area contributed by atoms with Gasteiger partial charge in [0, 0.05) is 38.1 Å². The summed E-state index contributed by atoms with van der Waals surface area (Å²) in [5, 5.41) is 16.0. The second kappa shape index (κ2) is 9.15. The first-order chi connectivity index (χ1) is 12.2. The fourth-order valence-electron chi connectivity index (χ4n) is 3.81. The molecule has 1 aromatic heterocycles. The summed E-state index contributed by atoms with van der Waals surface area (Å²) >= 11 is 0. The third kappa shape index (κ3) is 5.68. The number of carbonyl (C=O) groups excluding carboxylic acids is 1. The molecule has 138 valence electrons. The van der Waals surface area contributed by atoms with Gasteiger partial charge in [0.25, 0.3) is 0 Å². The molecule has 2 fully saturated rings. The number of nitrogens with zero attached hydrogens (tertiary/aromatic N) is 2. The lowest BCUT2D eigenvalue weighted by Gasteiger charge is -2.33. The van der Waals surface area contributed by atoms with Crippen molar-refractivity contribution in [3.8, 4) is 0 Å². The van der Waals surface area contributed by atoms with Gasteiger partial charge in [0.15, 0.2) is 0 Å². The standard InChI is InChI=1S/C19H30N4O2/c24-18-4-2-1-3-17(18)22-19(25)21-16-8-13-23(14-9-16)12-7-15-5-10-20-11-6-15/h5-6,10-11,16-18,24H,1-4,7-9,12-14H2,(H2,21,22,25). The number of urea groups is 1. The fraction of sp³-hybridized carbons (Fsp3) is 0.684. The lowest BCUT2D eigenvalue weighted by atomic mass is 9.93. The first-order valence-corrected chi connectivity index (χ1v) is 9.57. The van der Waals surface area contributed by atoms with Crippen LogP contribution in [0, 0.1) is 0 Å². The summed E-state index contributed by atoms with van der Waals surface area (Å²) in [6.07, 6.45) is 10.1. The lowest BCUT2D eigenvalue weighted by Crippen LogP contribution is -2.53. The molecule has 2 atom stereocenters. The van der Waals surface area contributed by atoms with Gasteiger partial charge in [0.05, 0.1) is 12.1 Å². The summed E-state index contributed by atoms with van der Waals surface area (Å²) in [5.41, 5.74) is 1.32. The monoisotopic (exact) mass is 346 g/mol. The van der Waals surface area contributed by atoms with E-state index in [1.807, 2.05) is 12.4 Å². The highest BCUT2D eigenvalue weighted by atomic mass is 16.3. The summed E-state index contributed by atoms with van der Waals surface area (Å²) < 4.78 is 0. The zero-order valence-electron chi connectivity index (χ0n) is 14.9. The summed E-state index contributed by atoms with van der Waals surface area (Å²) in [6, 6.07) is 4.16. The number of aliphatic hydroxyl groups is 1. The SMILES string of the molecule is O=C(NC1CCN(CCc2ccncc2)CC1)NC1CCCCC1O. The Balaban J connectivity index is 1.34. The van der Waals surface area contributed by atoms with Gasteiger partial charge in [-0.1, -0.05) is 12.8 Å². The van der Waals surface area contributed by atoms with E-state index >= 15 is 0 Å². The van der Waals surface area contributed by atoms with Crippen LogP contribution >= 0.6 is 0 Å². The number of carbonyl (C=O) groups is 1. The van der Waals surface area contributed by atoms with Crippen LogP contribution in [-0.2, 0) is 6.42 Å². The molecular weight excluding hydrogens is 316 g/mol. The lowest BCUT2D eigenvalue weighted by molar-refractivity contribution is 0.0935. The zero-order chi connectivity index (χ0) is 17.5. The van der Waals surface area contributed by atoms with Crippen molar-refractivity contribution in [2.45, 2.75) is 63.1 Å². The van der Waals surface area contributed by atoms with Crippen molar-refractivity contribution in [2.24, 2.45) is 0 Å². The minimum atomic E-state index is -0.394. The molecule has 25 heavy (non-hydrogen) atoms. The highest BCUT2D eigenvalue weighted by molar-refractivity contribution is 5.74. The van der Waals surface area contributed by atoms with Gasteiger partial charge in [-0.3, -0.25) is 4.98 Å². The Kier molecular flexibility index (Phi) is 6.64. The molecule has 0 aromatic carbocycles. The molecule has 3 rings (SSSR count). The maximum atomic E-state index is 12.2.